The summed E-state index contributed by atoms with van der Waals surface area (Å²) in [4.78, 5) is 48.1. The molecule has 33 heavy (non-hydrogen) atoms. The largest absolute Gasteiger partial charge is 0.341 e. The molecule has 174 valence electrons. The SMILES string of the molecule is CCC(=O)CCCCC[C@H](NC(=O)c1ncc[nH]1)C(=O)NC=S1C=CN=C1c1ccccc1. The van der Waals surface area contributed by atoms with E-state index in [0.717, 1.165) is 29.9 Å². The van der Waals surface area contributed by atoms with Gasteiger partial charge < -0.3 is 15.6 Å². The van der Waals surface area contributed by atoms with Crippen LogP contribution in [0.3, 0.4) is 0 Å². The number of imidazole rings is 1. The number of ketones is 1. The van der Waals surface area contributed by atoms with Crippen LogP contribution in [0.1, 0.15) is 61.6 Å². The zero-order valence-electron chi connectivity index (χ0n) is 18.6. The first-order valence-electron chi connectivity index (χ1n) is 11.1. The van der Waals surface area contributed by atoms with Crippen LogP contribution in [0.2, 0.25) is 0 Å². The van der Waals surface area contributed by atoms with Gasteiger partial charge in [-0.1, -0.05) is 60.6 Å². The van der Waals surface area contributed by atoms with Crippen LogP contribution < -0.4 is 10.6 Å². The van der Waals surface area contributed by atoms with Crippen LogP contribution in [0, 0.1) is 0 Å². The Balaban J connectivity index is 1.61. The molecule has 0 saturated heterocycles. The van der Waals surface area contributed by atoms with Crippen LogP contribution in [0.5, 0.6) is 0 Å². The van der Waals surface area contributed by atoms with E-state index in [4.69, 9.17) is 0 Å². The minimum Gasteiger partial charge on any atom is -0.341 e. The summed E-state index contributed by atoms with van der Waals surface area (Å²) in [5.41, 5.74) is 2.73. The third-order valence-electron chi connectivity index (χ3n) is 5.15. The fourth-order valence-corrected chi connectivity index (χ4v) is 4.65. The normalized spacial score (nSPS) is 15.8. The summed E-state index contributed by atoms with van der Waals surface area (Å²) in [6.07, 6.45) is 8.66. The lowest BCUT2D eigenvalue weighted by Crippen LogP contribution is -2.46. The molecule has 8 nitrogen and oxygen atoms in total. The van der Waals surface area contributed by atoms with E-state index < -0.39 is 22.4 Å². The molecular formula is C24H29N5O3S. The number of nitrogens with one attached hydrogen (secondary N) is 3. The van der Waals surface area contributed by atoms with Crippen molar-refractivity contribution in [3.05, 3.63) is 65.7 Å². The molecule has 1 unspecified atom stereocenters. The second kappa shape index (κ2) is 12.6. The fourth-order valence-electron chi connectivity index (χ4n) is 3.31. The van der Waals surface area contributed by atoms with Gasteiger partial charge in [0.05, 0.1) is 0 Å². The van der Waals surface area contributed by atoms with E-state index in [1.165, 1.54) is 6.20 Å². The summed E-state index contributed by atoms with van der Waals surface area (Å²) in [7, 11) is -0.467. The van der Waals surface area contributed by atoms with Crippen LogP contribution in [0.4, 0.5) is 0 Å². The molecule has 1 aliphatic heterocycles. The molecule has 0 aliphatic carbocycles. The molecule has 2 heterocycles. The first-order valence-corrected chi connectivity index (χ1v) is 12.4. The second-order valence-corrected chi connectivity index (χ2v) is 9.18. The Kier molecular flexibility index (Phi) is 9.31. The number of unbranched alkanes of at least 4 members (excludes halogenated alkanes) is 2. The molecule has 3 rings (SSSR count). The maximum atomic E-state index is 13.0. The van der Waals surface area contributed by atoms with Gasteiger partial charge in [0.2, 0.25) is 5.91 Å². The quantitative estimate of drug-likeness (QED) is 0.327. The molecule has 2 aromatic rings. The number of carbonyl (C=O) groups is 3. The van der Waals surface area contributed by atoms with Gasteiger partial charge >= 0.3 is 0 Å². The Bertz CT molecular complexity index is 1050. The summed E-state index contributed by atoms with van der Waals surface area (Å²) in [5.74, 6) is -0.327. The number of rotatable bonds is 12. The van der Waals surface area contributed by atoms with Crippen LogP contribution in [-0.2, 0) is 9.59 Å². The fraction of sp³-hybridized carbons (Fsp3) is 0.333. The Morgan fingerprint density at radius 2 is 1.97 bits per heavy atom. The average Bonchev–Trinajstić information content (AvgIpc) is 3.54. The summed E-state index contributed by atoms with van der Waals surface area (Å²) in [6, 6.07) is 9.09. The van der Waals surface area contributed by atoms with Gasteiger partial charge in [0.15, 0.2) is 5.82 Å². The zero-order chi connectivity index (χ0) is 23.5. The molecule has 9 heteroatoms. The van der Waals surface area contributed by atoms with Crippen LogP contribution in [0.15, 0.2) is 59.3 Å². The zero-order valence-corrected chi connectivity index (χ0v) is 19.4. The van der Waals surface area contributed by atoms with Gasteiger partial charge in [0.1, 0.15) is 16.9 Å². The van der Waals surface area contributed by atoms with Crippen molar-refractivity contribution in [2.45, 2.75) is 51.5 Å². The Labute approximate surface area is 195 Å². The smallest absolute Gasteiger partial charge is 0.287 e. The number of aliphatic imine (C=N–C) groups is 1. The number of aromatic amines is 1. The molecule has 1 aromatic heterocycles. The minimum atomic E-state index is -0.715. The van der Waals surface area contributed by atoms with Gasteiger partial charge in [0, 0.05) is 42.5 Å². The Morgan fingerprint density at radius 3 is 2.70 bits per heavy atom. The highest BCUT2D eigenvalue weighted by atomic mass is 32.2. The van der Waals surface area contributed by atoms with Crippen molar-refractivity contribution in [2.75, 3.05) is 0 Å². The lowest BCUT2D eigenvalue weighted by Gasteiger charge is -2.17. The van der Waals surface area contributed by atoms with Gasteiger partial charge in [0.25, 0.3) is 5.91 Å². The van der Waals surface area contributed by atoms with Crippen molar-refractivity contribution >= 4 is 38.6 Å². The number of hydrogen-bond donors (Lipinski definition) is 3. The van der Waals surface area contributed by atoms with E-state index in [-0.39, 0.29) is 17.5 Å². The van der Waals surface area contributed by atoms with E-state index in [9.17, 15) is 14.4 Å². The monoisotopic (exact) mass is 467 g/mol. The molecule has 0 fully saturated rings. The average molecular weight is 468 g/mol. The Morgan fingerprint density at radius 1 is 1.15 bits per heavy atom. The van der Waals surface area contributed by atoms with Crippen LogP contribution in [0.25, 0.3) is 0 Å². The number of Topliss-reactive ketones (excluding diaryl/α,β-unsaturated/α-hetero) is 1. The van der Waals surface area contributed by atoms with Crippen molar-refractivity contribution < 1.29 is 14.4 Å². The maximum Gasteiger partial charge on any atom is 0.287 e. The molecule has 1 aliphatic rings. The molecular weight excluding hydrogens is 438 g/mol. The number of aromatic nitrogens is 2. The minimum absolute atomic E-state index is 0.157. The molecule has 1 aromatic carbocycles. The van der Waals surface area contributed by atoms with Gasteiger partial charge in [-0.25, -0.2) is 9.98 Å². The molecule has 0 radical (unpaired) electrons. The van der Waals surface area contributed by atoms with Gasteiger partial charge in [-0.05, 0) is 18.2 Å². The number of benzene rings is 1. The predicted octanol–water partition coefficient (Wildman–Crippen LogP) is 3.51. The number of nitrogens with zero attached hydrogens (tertiary/aromatic N) is 2. The first kappa shape index (κ1) is 24.3. The summed E-state index contributed by atoms with van der Waals surface area (Å²) < 4.78 is 0. The van der Waals surface area contributed by atoms with Crippen molar-refractivity contribution in [3.63, 3.8) is 0 Å². The summed E-state index contributed by atoms with van der Waals surface area (Å²) in [6.45, 7) is 1.86. The molecule has 0 bridgehead atoms. The molecule has 3 N–H and O–H groups in total. The van der Waals surface area contributed by atoms with Gasteiger partial charge in [-0.15, -0.1) is 0 Å². The maximum absolute atomic E-state index is 13.0. The van der Waals surface area contributed by atoms with Crippen LogP contribution >= 0.6 is 10.5 Å². The second-order valence-electron chi connectivity index (χ2n) is 7.54. The molecule has 0 saturated carbocycles. The van der Waals surface area contributed by atoms with Crippen LogP contribution in [-0.4, -0.2) is 44.1 Å². The number of hydrogen-bond acceptors (Lipinski definition) is 5. The molecule has 0 spiro atoms. The number of amides is 2. The van der Waals surface area contributed by atoms with E-state index >= 15 is 0 Å². The topological polar surface area (TPSA) is 116 Å². The summed E-state index contributed by atoms with van der Waals surface area (Å²) in [5, 5.41) is 8.45. The highest BCUT2D eigenvalue weighted by molar-refractivity contribution is 8.30. The molecule has 2 amide bonds. The van der Waals surface area contributed by atoms with E-state index in [1.54, 1.807) is 17.9 Å². The molecule has 2 atom stereocenters. The van der Waals surface area contributed by atoms with Crippen molar-refractivity contribution in [1.82, 2.24) is 20.6 Å². The van der Waals surface area contributed by atoms with Crippen molar-refractivity contribution in [3.8, 4) is 0 Å². The van der Waals surface area contributed by atoms with E-state index in [2.05, 4.69) is 25.6 Å². The van der Waals surface area contributed by atoms with Crippen molar-refractivity contribution in [1.29, 1.82) is 0 Å². The van der Waals surface area contributed by atoms with Gasteiger partial charge in [-0.2, -0.15) is 0 Å². The predicted molar refractivity (Wildman–Crippen MR) is 132 cm³/mol. The lowest BCUT2D eigenvalue weighted by molar-refractivity contribution is -0.121. The van der Waals surface area contributed by atoms with Crippen molar-refractivity contribution in [2.24, 2.45) is 4.99 Å². The van der Waals surface area contributed by atoms with E-state index in [1.807, 2.05) is 42.7 Å². The highest BCUT2D eigenvalue weighted by Gasteiger charge is 2.22. The van der Waals surface area contributed by atoms with E-state index in [0.29, 0.717) is 19.3 Å². The Hall–Kier alpha value is -3.33. The highest BCUT2D eigenvalue weighted by Crippen LogP contribution is 2.26. The first-order chi connectivity index (χ1) is 16.1. The number of carbonyl (C=O) groups excluding carboxylic acids is 3. The standard InChI is InChI=1S/C24H29N5O3S/c1-2-19(30)11-7-4-8-12-20(29-23(32)21-25-13-14-26-21)22(31)28-17-33-16-15-27-24(33)18-9-5-3-6-10-18/h3,5-6,9-10,13-17,20H,2,4,7-8,11-12H2,1H3,(H,25,26)(H,28,31)(H,29,32)/t20-,33?/m0/s1. The summed E-state index contributed by atoms with van der Waals surface area (Å²) >= 11 is 0. The number of H-pyrrole nitrogens is 1. The lowest BCUT2D eigenvalue weighted by atomic mass is 10.0. The third-order valence-corrected chi connectivity index (χ3v) is 6.72. The third kappa shape index (κ3) is 7.35. The van der Waals surface area contributed by atoms with Gasteiger partial charge in [-0.3, -0.25) is 14.4 Å².